The summed E-state index contributed by atoms with van der Waals surface area (Å²) in [6, 6.07) is 0. The summed E-state index contributed by atoms with van der Waals surface area (Å²) in [5, 5.41) is 0. The third kappa shape index (κ3) is 5.11. The normalized spacial score (nSPS) is 14.0. The summed E-state index contributed by atoms with van der Waals surface area (Å²) in [7, 11) is 0. The summed E-state index contributed by atoms with van der Waals surface area (Å²) in [5.41, 5.74) is 5.50. The Kier molecular flexibility index (Phi) is 7.54. The number of rotatable bonds is 7. The van der Waals surface area contributed by atoms with Crippen molar-refractivity contribution in [3.05, 3.63) is 0 Å². The first-order chi connectivity index (χ1) is 7.56. The van der Waals surface area contributed by atoms with Crippen LogP contribution in [-0.4, -0.2) is 31.7 Å². The highest BCUT2D eigenvalue weighted by Gasteiger charge is 2.27. The van der Waals surface area contributed by atoms with Gasteiger partial charge < -0.3 is 15.2 Å². The molecule has 0 fully saturated rings. The highest BCUT2D eigenvalue weighted by molar-refractivity contribution is 5.75. The fraction of sp³-hybridized carbons (Fsp3) is 0.818. The molecule has 0 bridgehead atoms. The van der Waals surface area contributed by atoms with Crippen molar-refractivity contribution >= 4 is 11.9 Å². The van der Waals surface area contributed by atoms with Crippen LogP contribution in [0.1, 0.15) is 27.2 Å². The number of carbonyl (C=O) groups is 2. The van der Waals surface area contributed by atoms with Crippen LogP contribution >= 0.6 is 0 Å². The fourth-order valence-corrected chi connectivity index (χ4v) is 1.44. The van der Waals surface area contributed by atoms with Gasteiger partial charge in [-0.15, -0.1) is 0 Å². The van der Waals surface area contributed by atoms with Crippen molar-refractivity contribution in [2.45, 2.75) is 27.2 Å². The van der Waals surface area contributed by atoms with Gasteiger partial charge in [-0.2, -0.15) is 0 Å². The van der Waals surface area contributed by atoms with Crippen molar-refractivity contribution in [1.29, 1.82) is 0 Å². The molecule has 0 rings (SSSR count). The molecular formula is C11H21NO4. The zero-order valence-electron chi connectivity index (χ0n) is 10.2. The Balaban J connectivity index is 4.24. The monoisotopic (exact) mass is 231 g/mol. The van der Waals surface area contributed by atoms with E-state index in [4.69, 9.17) is 15.2 Å². The van der Waals surface area contributed by atoms with E-state index in [-0.39, 0.29) is 30.8 Å². The molecule has 0 saturated carbocycles. The van der Waals surface area contributed by atoms with Crippen molar-refractivity contribution in [3.8, 4) is 0 Å². The lowest BCUT2D eigenvalue weighted by Gasteiger charge is -2.19. The molecule has 0 aliphatic rings. The van der Waals surface area contributed by atoms with Crippen molar-refractivity contribution in [2.75, 3.05) is 19.8 Å². The summed E-state index contributed by atoms with van der Waals surface area (Å²) >= 11 is 0. The van der Waals surface area contributed by atoms with Crippen LogP contribution in [0.25, 0.3) is 0 Å². The van der Waals surface area contributed by atoms with Gasteiger partial charge in [-0.3, -0.25) is 9.59 Å². The maximum Gasteiger partial charge on any atom is 0.310 e. The lowest BCUT2D eigenvalue weighted by Crippen LogP contribution is -2.32. The third-order valence-corrected chi connectivity index (χ3v) is 2.32. The van der Waals surface area contributed by atoms with Gasteiger partial charge in [0.05, 0.1) is 19.1 Å². The SMILES string of the molecule is CCOC(=O)CC(C)C(CN)C(=O)OCC. The van der Waals surface area contributed by atoms with Gasteiger partial charge in [0.2, 0.25) is 0 Å². The van der Waals surface area contributed by atoms with Gasteiger partial charge >= 0.3 is 11.9 Å². The van der Waals surface area contributed by atoms with E-state index in [1.807, 2.05) is 0 Å². The topological polar surface area (TPSA) is 78.6 Å². The fourth-order valence-electron chi connectivity index (χ4n) is 1.44. The standard InChI is InChI=1S/C11H21NO4/c1-4-15-10(13)6-8(3)9(7-12)11(14)16-5-2/h8-9H,4-7,12H2,1-3H3. The minimum atomic E-state index is -0.440. The number of hydrogen-bond donors (Lipinski definition) is 1. The Morgan fingerprint density at radius 3 is 2.19 bits per heavy atom. The zero-order chi connectivity index (χ0) is 12.6. The minimum absolute atomic E-state index is 0.164. The molecule has 5 nitrogen and oxygen atoms in total. The summed E-state index contributed by atoms with van der Waals surface area (Å²) < 4.78 is 9.70. The van der Waals surface area contributed by atoms with Gasteiger partial charge in [0.25, 0.3) is 0 Å². The van der Waals surface area contributed by atoms with Gasteiger partial charge in [0.15, 0.2) is 0 Å². The first-order valence-electron chi connectivity index (χ1n) is 5.59. The average Bonchev–Trinajstić information content (AvgIpc) is 2.19. The van der Waals surface area contributed by atoms with Crippen LogP contribution in [-0.2, 0) is 19.1 Å². The summed E-state index contributed by atoms with van der Waals surface area (Å²) in [5.74, 6) is -1.26. The summed E-state index contributed by atoms with van der Waals surface area (Å²) in [6.45, 7) is 6.13. The average molecular weight is 231 g/mol. The summed E-state index contributed by atoms with van der Waals surface area (Å²) in [6.07, 6.45) is 0.189. The Morgan fingerprint density at radius 1 is 1.19 bits per heavy atom. The highest BCUT2D eigenvalue weighted by Crippen LogP contribution is 2.17. The molecule has 0 radical (unpaired) electrons. The molecule has 0 spiro atoms. The number of hydrogen-bond acceptors (Lipinski definition) is 5. The summed E-state index contributed by atoms with van der Waals surface area (Å²) in [4.78, 5) is 22.7. The van der Waals surface area contributed by atoms with Gasteiger partial charge in [0, 0.05) is 13.0 Å². The second-order valence-electron chi connectivity index (χ2n) is 3.58. The van der Waals surface area contributed by atoms with E-state index in [1.54, 1.807) is 20.8 Å². The molecule has 16 heavy (non-hydrogen) atoms. The molecule has 2 N–H and O–H groups in total. The molecule has 0 saturated heterocycles. The van der Waals surface area contributed by atoms with Crippen molar-refractivity contribution in [2.24, 2.45) is 17.6 Å². The van der Waals surface area contributed by atoms with Crippen molar-refractivity contribution < 1.29 is 19.1 Å². The van der Waals surface area contributed by atoms with Gasteiger partial charge in [-0.05, 0) is 19.8 Å². The van der Waals surface area contributed by atoms with Gasteiger partial charge in [-0.1, -0.05) is 6.92 Å². The van der Waals surface area contributed by atoms with Crippen LogP contribution in [0.2, 0.25) is 0 Å². The van der Waals surface area contributed by atoms with E-state index in [0.29, 0.717) is 13.2 Å². The Labute approximate surface area is 96.3 Å². The van der Waals surface area contributed by atoms with E-state index < -0.39 is 5.92 Å². The second-order valence-corrected chi connectivity index (χ2v) is 3.58. The predicted molar refractivity (Wildman–Crippen MR) is 59.6 cm³/mol. The maximum atomic E-state index is 11.5. The molecule has 0 amide bonds. The zero-order valence-corrected chi connectivity index (χ0v) is 10.2. The molecule has 0 aromatic heterocycles. The third-order valence-electron chi connectivity index (χ3n) is 2.32. The lowest BCUT2D eigenvalue weighted by atomic mass is 9.91. The molecule has 0 aliphatic carbocycles. The molecule has 0 aliphatic heterocycles. The van der Waals surface area contributed by atoms with Crippen molar-refractivity contribution in [1.82, 2.24) is 0 Å². The molecule has 5 heteroatoms. The van der Waals surface area contributed by atoms with Gasteiger partial charge in [-0.25, -0.2) is 0 Å². The number of carbonyl (C=O) groups excluding carboxylic acids is 2. The van der Waals surface area contributed by atoms with E-state index in [1.165, 1.54) is 0 Å². The van der Waals surface area contributed by atoms with Crippen molar-refractivity contribution in [3.63, 3.8) is 0 Å². The molecule has 2 atom stereocenters. The first-order valence-corrected chi connectivity index (χ1v) is 5.59. The molecular weight excluding hydrogens is 210 g/mol. The Bertz CT molecular complexity index is 230. The molecule has 0 aromatic rings. The van der Waals surface area contributed by atoms with E-state index in [0.717, 1.165) is 0 Å². The van der Waals surface area contributed by atoms with Crippen LogP contribution in [0.4, 0.5) is 0 Å². The lowest BCUT2D eigenvalue weighted by molar-refractivity contribution is -0.151. The van der Waals surface area contributed by atoms with E-state index >= 15 is 0 Å². The van der Waals surface area contributed by atoms with E-state index in [2.05, 4.69) is 0 Å². The van der Waals surface area contributed by atoms with Gasteiger partial charge in [0.1, 0.15) is 0 Å². The van der Waals surface area contributed by atoms with Crippen LogP contribution in [0.15, 0.2) is 0 Å². The number of esters is 2. The molecule has 0 aromatic carbocycles. The van der Waals surface area contributed by atoms with Crippen LogP contribution in [0, 0.1) is 11.8 Å². The quantitative estimate of drug-likeness (QED) is 0.653. The minimum Gasteiger partial charge on any atom is -0.466 e. The van der Waals surface area contributed by atoms with Crippen LogP contribution in [0.5, 0.6) is 0 Å². The molecule has 0 heterocycles. The maximum absolute atomic E-state index is 11.5. The Hall–Kier alpha value is -1.10. The highest BCUT2D eigenvalue weighted by atomic mass is 16.5. The van der Waals surface area contributed by atoms with E-state index in [9.17, 15) is 9.59 Å². The van der Waals surface area contributed by atoms with Crippen LogP contribution < -0.4 is 5.73 Å². The molecule has 2 unspecified atom stereocenters. The Morgan fingerprint density at radius 2 is 1.75 bits per heavy atom. The largest absolute Gasteiger partial charge is 0.466 e. The smallest absolute Gasteiger partial charge is 0.310 e. The predicted octanol–water partition coefficient (Wildman–Crippen LogP) is 0.714. The van der Waals surface area contributed by atoms with Crippen LogP contribution in [0.3, 0.4) is 0 Å². The number of nitrogens with two attached hydrogens (primary N) is 1. The second kappa shape index (κ2) is 8.10. The number of ether oxygens (including phenoxy) is 2. The molecule has 94 valence electrons. The first kappa shape index (κ1) is 14.9.